The molecule has 0 aliphatic carbocycles. The largest absolute Gasteiger partial charge is 0.314 e. The Morgan fingerprint density at radius 3 is 2.39 bits per heavy atom. The fourth-order valence-electron chi connectivity index (χ4n) is 4.04. The third-order valence-corrected chi connectivity index (χ3v) is 5.64. The van der Waals surface area contributed by atoms with Crippen LogP contribution in [-0.2, 0) is 6.54 Å². The summed E-state index contributed by atoms with van der Waals surface area (Å²) >= 11 is 0. The number of rotatable bonds is 5. The topological polar surface area (TPSA) is 46.0 Å². The second kappa shape index (κ2) is 8.79. The molecule has 0 amide bonds. The molecular weight excluding hydrogens is 389 g/mol. The Hall–Kier alpha value is -3.35. The number of pyridine rings is 1. The molecule has 0 spiro atoms. The molecule has 31 heavy (non-hydrogen) atoms. The summed E-state index contributed by atoms with van der Waals surface area (Å²) in [6.07, 6.45) is 3.66. The summed E-state index contributed by atoms with van der Waals surface area (Å²) in [6, 6.07) is 20.9. The molecule has 3 heterocycles. The Balaban J connectivity index is 1.54. The van der Waals surface area contributed by atoms with Crippen molar-refractivity contribution in [2.24, 2.45) is 0 Å². The Morgan fingerprint density at radius 2 is 1.65 bits per heavy atom. The van der Waals surface area contributed by atoms with Gasteiger partial charge in [-0.05, 0) is 24.3 Å². The van der Waals surface area contributed by atoms with Gasteiger partial charge in [-0.1, -0.05) is 42.5 Å². The first-order chi connectivity index (χ1) is 15.3. The standard InChI is InChI=1S/C25H24FN5/c26-23-9-5-4-8-22(23)25-20(18-30-14-12-27-13-15-30)16-29-31(25)21-10-11-24(28-17-21)19-6-2-1-3-7-19/h1-11,16-17,27H,12-15,18H2. The molecule has 1 aliphatic heterocycles. The fraction of sp³-hybridized carbons (Fsp3) is 0.200. The van der Waals surface area contributed by atoms with Gasteiger partial charge in [0, 0.05) is 49.4 Å². The summed E-state index contributed by atoms with van der Waals surface area (Å²) in [7, 11) is 0. The average molecular weight is 414 g/mol. The van der Waals surface area contributed by atoms with Gasteiger partial charge in [0.25, 0.3) is 0 Å². The number of nitrogens with one attached hydrogen (secondary N) is 1. The second-order valence-electron chi connectivity index (χ2n) is 7.70. The van der Waals surface area contributed by atoms with Crippen LogP contribution in [0.4, 0.5) is 4.39 Å². The lowest BCUT2D eigenvalue weighted by molar-refractivity contribution is 0.233. The molecule has 4 aromatic rings. The Bertz CT molecular complexity index is 1150. The van der Waals surface area contributed by atoms with Crippen LogP contribution in [-0.4, -0.2) is 45.8 Å². The van der Waals surface area contributed by atoms with E-state index >= 15 is 0 Å². The van der Waals surface area contributed by atoms with Gasteiger partial charge in [0.15, 0.2) is 0 Å². The normalized spacial score (nSPS) is 14.6. The minimum Gasteiger partial charge on any atom is -0.314 e. The summed E-state index contributed by atoms with van der Waals surface area (Å²) in [6.45, 7) is 4.60. The maximum Gasteiger partial charge on any atom is 0.132 e. The van der Waals surface area contributed by atoms with Gasteiger partial charge in [-0.2, -0.15) is 5.10 Å². The summed E-state index contributed by atoms with van der Waals surface area (Å²) in [4.78, 5) is 7.01. The van der Waals surface area contributed by atoms with Crippen molar-refractivity contribution in [1.82, 2.24) is 25.0 Å². The van der Waals surface area contributed by atoms with Crippen LogP contribution in [0.2, 0.25) is 0 Å². The summed E-state index contributed by atoms with van der Waals surface area (Å²) in [5.74, 6) is -0.250. The van der Waals surface area contributed by atoms with E-state index in [9.17, 15) is 4.39 Å². The molecule has 156 valence electrons. The maximum absolute atomic E-state index is 14.8. The van der Waals surface area contributed by atoms with Crippen LogP contribution in [0.1, 0.15) is 5.56 Å². The van der Waals surface area contributed by atoms with Gasteiger partial charge in [0.05, 0.1) is 29.5 Å². The molecule has 0 unspecified atom stereocenters. The molecule has 2 aromatic carbocycles. The molecule has 5 rings (SSSR count). The van der Waals surface area contributed by atoms with Crippen LogP contribution < -0.4 is 5.32 Å². The number of aromatic nitrogens is 3. The summed E-state index contributed by atoms with van der Waals surface area (Å²) in [5, 5.41) is 8.01. The fourth-order valence-corrected chi connectivity index (χ4v) is 4.04. The highest BCUT2D eigenvalue weighted by atomic mass is 19.1. The van der Waals surface area contributed by atoms with Crippen molar-refractivity contribution in [3.05, 3.63) is 90.5 Å². The Kier molecular flexibility index (Phi) is 5.56. The van der Waals surface area contributed by atoms with Crippen molar-refractivity contribution >= 4 is 0 Å². The van der Waals surface area contributed by atoms with E-state index < -0.39 is 0 Å². The molecule has 1 aliphatic rings. The maximum atomic E-state index is 14.8. The number of benzene rings is 2. The Labute approximate surface area is 181 Å². The first-order valence-electron chi connectivity index (χ1n) is 10.6. The van der Waals surface area contributed by atoms with Crippen molar-refractivity contribution in [2.45, 2.75) is 6.54 Å². The van der Waals surface area contributed by atoms with Crippen LogP contribution in [0.15, 0.2) is 79.1 Å². The first kappa shape index (κ1) is 19.6. The zero-order valence-corrected chi connectivity index (χ0v) is 17.2. The van der Waals surface area contributed by atoms with E-state index in [4.69, 9.17) is 0 Å². The number of hydrogen-bond donors (Lipinski definition) is 1. The second-order valence-corrected chi connectivity index (χ2v) is 7.70. The van der Waals surface area contributed by atoms with Crippen molar-refractivity contribution in [2.75, 3.05) is 26.2 Å². The van der Waals surface area contributed by atoms with Crippen molar-refractivity contribution in [3.63, 3.8) is 0 Å². The van der Waals surface area contributed by atoms with Gasteiger partial charge < -0.3 is 5.32 Å². The van der Waals surface area contributed by atoms with Crippen molar-refractivity contribution < 1.29 is 4.39 Å². The van der Waals surface area contributed by atoms with E-state index in [0.29, 0.717) is 5.56 Å². The van der Waals surface area contributed by atoms with E-state index in [1.54, 1.807) is 16.9 Å². The lowest BCUT2D eigenvalue weighted by atomic mass is 10.1. The van der Waals surface area contributed by atoms with Crippen molar-refractivity contribution in [3.8, 4) is 28.2 Å². The smallest absolute Gasteiger partial charge is 0.132 e. The SMILES string of the molecule is Fc1ccccc1-c1c(CN2CCNCC2)cnn1-c1ccc(-c2ccccc2)nc1. The third-order valence-electron chi connectivity index (χ3n) is 5.64. The van der Waals surface area contributed by atoms with Crippen LogP contribution in [0.3, 0.4) is 0 Å². The van der Waals surface area contributed by atoms with Gasteiger partial charge in [0.1, 0.15) is 5.82 Å². The highest BCUT2D eigenvalue weighted by Crippen LogP contribution is 2.30. The van der Waals surface area contributed by atoms with Gasteiger partial charge in [-0.25, -0.2) is 9.07 Å². The summed E-state index contributed by atoms with van der Waals surface area (Å²) < 4.78 is 16.6. The first-order valence-corrected chi connectivity index (χ1v) is 10.6. The van der Waals surface area contributed by atoms with E-state index in [1.165, 1.54) is 6.07 Å². The zero-order valence-electron chi connectivity index (χ0n) is 17.2. The van der Waals surface area contributed by atoms with Crippen LogP contribution in [0.25, 0.3) is 28.2 Å². The van der Waals surface area contributed by atoms with Crippen LogP contribution >= 0.6 is 0 Å². The highest BCUT2D eigenvalue weighted by Gasteiger charge is 2.20. The molecule has 2 aromatic heterocycles. The molecule has 0 atom stereocenters. The molecule has 0 bridgehead atoms. The van der Waals surface area contributed by atoms with E-state index in [-0.39, 0.29) is 5.82 Å². The summed E-state index contributed by atoms with van der Waals surface area (Å²) in [5.41, 5.74) is 5.11. The number of piperazine rings is 1. The number of nitrogens with zero attached hydrogens (tertiary/aromatic N) is 4. The lowest BCUT2D eigenvalue weighted by Gasteiger charge is -2.27. The predicted molar refractivity (Wildman–Crippen MR) is 120 cm³/mol. The van der Waals surface area contributed by atoms with Crippen LogP contribution in [0, 0.1) is 5.82 Å². The third kappa shape index (κ3) is 4.13. The van der Waals surface area contributed by atoms with Gasteiger partial charge in [-0.3, -0.25) is 9.88 Å². The van der Waals surface area contributed by atoms with Gasteiger partial charge in [-0.15, -0.1) is 0 Å². The molecule has 1 saturated heterocycles. The van der Waals surface area contributed by atoms with Crippen molar-refractivity contribution in [1.29, 1.82) is 0 Å². The monoisotopic (exact) mass is 413 g/mol. The van der Waals surface area contributed by atoms with E-state index in [2.05, 4.69) is 20.3 Å². The van der Waals surface area contributed by atoms with Gasteiger partial charge in [0.2, 0.25) is 0 Å². The molecular formula is C25H24FN5. The molecule has 0 saturated carbocycles. The molecule has 1 N–H and O–H groups in total. The minimum absolute atomic E-state index is 0.250. The number of halogens is 1. The Morgan fingerprint density at radius 1 is 0.871 bits per heavy atom. The molecule has 5 nitrogen and oxygen atoms in total. The predicted octanol–water partition coefficient (Wildman–Crippen LogP) is 4.15. The van der Waals surface area contributed by atoms with E-state index in [1.807, 2.05) is 60.8 Å². The number of hydrogen-bond acceptors (Lipinski definition) is 4. The quantitative estimate of drug-likeness (QED) is 0.534. The lowest BCUT2D eigenvalue weighted by Crippen LogP contribution is -2.42. The van der Waals surface area contributed by atoms with Crippen LogP contribution in [0.5, 0.6) is 0 Å². The minimum atomic E-state index is -0.250. The molecule has 6 heteroatoms. The van der Waals surface area contributed by atoms with Gasteiger partial charge >= 0.3 is 0 Å². The average Bonchev–Trinajstić information content (AvgIpc) is 3.24. The van der Waals surface area contributed by atoms with E-state index in [0.717, 1.165) is 60.9 Å². The highest BCUT2D eigenvalue weighted by molar-refractivity contribution is 5.67. The molecule has 1 fully saturated rings. The zero-order chi connectivity index (χ0) is 21.0. The molecule has 0 radical (unpaired) electrons.